The number of rotatable bonds is 3. The molecule has 2 amide bonds. The fourth-order valence-corrected chi connectivity index (χ4v) is 3.79. The molecule has 1 aromatic carbocycles. The predicted molar refractivity (Wildman–Crippen MR) is 79.9 cm³/mol. The lowest BCUT2D eigenvalue weighted by atomic mass is 9.79. The molecular weight excluding hydrogens is 284 g/mol. The summed E-state index contributed by atoms with van der Waals surface area (Å²) in [6.45, 7) is 1.95. The molecule has 4 atom stereocenters. The van der Waals surface area contributed by atoms with Crippen molar-refractivity contribution in [2.24, 2.45) is 29.4 Å². The zero-order valence-electron chi connectivity index (χ0n) is 12.1. The van der Waals surface area contributed by atoms with E-state index >= 15 is 0 Å². The summed E-state index contributed by atoms with van der Waals surface area (Å²) < 4.78 is 0. The quantitative estimate of drug-likeness (QED) is 0.498. The number of nitrogens with one attached hydrogen (secondary N) is 1. The second-order valence-electron chi connectivity index (χ2n) is 6.03. The van der Waals surface area contributed by atoms with Crippen molar-refractivity contribution in [3.8, 4) is 11.5 Å². The third kappa shape index (κ3) is 2.11. The van der Waals surface area contributed by atoms with Gasteiger partial charge in [0.1, 0.15) is 0 Å². The number of hydrogen-bond acceptors (Lipinski definition) is 4. The van der Waals surface area contributed by atoms with E-state index in [1.165, 1.54) is 18.2 Å². The Morgan fingerprint density at radius 2 is 2.00 bits per heavy atom. The molecule has 4 unspecified atom stereocenters. The summed E-state index contributed by atoms with van der Waals surface area (Å²) >= 11 is 0. The fraction of sp³-hybridized carbons (Fsp3) is 0.375. The van der Waals surface area contributed by atoms with E-state index in [-0.39, 0.29) is 34.9 Å². The summed E-state index contributed by atoms with van der Waals surface area (Å²) in [4.78, 5) is 24.3. The molecule has 1 fully saturated rings. The van der Waals surface area contributed by atoms with Crippen LogP contribution in [0.1, 0.15) is 13.3 Å². The lowest BCUT2D eigenvalue weighted by Crippen LogP contribution is -2.40. The van der Waals surface area contributed by atoms with E-state index < -0.39 is 17.7 Å². The van der Waals surface area contributed by atoms with Gasteiger partial charge in [-0.3, -0.25) is 9.59 Å². The van der Waals surface area contributed by atoms with E-state index in [0.717, 1.165) is 12.0 Å². The smallest absolute Gasteiger partial charge is 0.229 e. The number of allylic oxidation sites excluding steroid dienone is 2. The first kappa shape index (κ1) is 14.4. The predicted octanol–water partition coefficient (Wildman–Crippen LogP) is 1.35. The van der Waals surface area contributed by atoms with Crippen molar-refractivity contribution in [1.82, 2.24) is 0 Å². The maximum Gasteiger partial charge on any atom is 0.229 e. The number of aromatic hydroxyl groups is 2. The number of phenolic OH excluding ortho intramolecular Hbond substituents is 2. The molecule has 2 bridgehead atoms. The van der Waals surface area contributed by atoms with Gasteiger partial charge in [0.15, 0.2) is 11.5 Å². The number of anilines is 1. The van der Waals surface area contributed by atoms with Crippen molar-refractivity contribution < 1.29 is 19.8 Å². The van der Waals surface area contributed by atoms with E-state index in [4.69, 9.17) is 5.73 Å². The van der Waals surface area contributed by atoms with Crippen LogP contribution in [0.25, 0.3) is 0 Å². The summed E-state index contributed by atoms with van der Waals surface area (Å²) in [6.07, 6.45) is 2.78. The minimum Gasteiger partial charge on any atom is -0.504 e. The van der Waals surface area contributed by atoms with Crippen molar-refractivity contribution >= 4 is 17.5 Å². The summed E-state index contributed by atoms with van der Waals surface area (Å²) in [7, 11) is 0. The van der Waals surface area contributed by atoms with Gasteiger partial charge < -0.3 is 21.3 Å². The van der Waals surface area contributed by atoms with Gasteiger partial charge in [0.05, 0.1) is 17.5 Å². The molecule has 0 aliphatic heterocycles. The van der Waals surface area contributed by atoms with Crippen molar-refractivity contribution in [1.29, 1.82) is 0 Å². The van der Waals surface area contributed by atoms with Gasteiger partial charge in [-0.15, -0.1) is 0 Å². The standard InChI is InChI=1S/C16H18N2O4/c1-7-5-8-6-9(7)13(15(17)21)12(8)16(22)18-10-3-2-4-11(19)14(10)20/h2-5,8-9,12-13,19-20H,6H2,1H3,(H2,17,21)(H,18,22). The molecule has 0 aromatic heterocycles. The van der Waals surface area contributed by atoms with Crippen LogP contribution in [0.5, 0.6) is 11.5 Å². The number of primary amides is 1. The number of amides is 2. The first-order valence-corrected chi connectivity index (χ1v) is 7.19. The normalized spacial score (nSPS) is 29.2. The van der Waals surface area contributed by atoms with Gasteiger partial charge in [0, 0.05) is 0 Å². The molecule has 2 aliphatic rings. The van der Waals surface area contributed by atoms with Crippen LogP contribution in [0, 0.1) is 23.7 Å². The maximum atomic E-state index is 12.5. The molecule has 1 aromatic rings. The summed E-state index contributed by atoms with van der Waals surface area (Å²) in [6, 6.07) is 4.32. The Balaban J connectivity index is 1.86. The molecule has 0 spiro atoms. The van der Waals surface area contributed by atoms with E-state index in [1.807, 2.05) is 13.0 Å². The van der Waals surface area contributed by atoms with Crippen molar-refractivity contribution in [2.45, 2.75) is 13.3 Å². The van der Waals surface area contributed by atoms with E-state index in [9.17, 15) is 19.8 Å². The van der Waals surface area contributed by atoms with Crippen molar-refractivity contribution in [2.75, 3.05) is 5.32 Å². The highest BCUT2D eigenvalue weighted by atomic mass is 16.3. The number of carbonyl (C=O) groups excluding carboxylic acids is 2. The molecule has 0 heterocycles. The van der Waals surface area contributed by atoms with Crippen LogP contribution < -0.4 is 11.1 Å². The molecule has 2 aliphatic carbocycles. The monoisotopic (exact) mass is 302 g/mol. The minimum atomic E-state index is -0.534. The topological polar surface area (TPSA) is 113 Å². The largest absolute Gasteiger partial charge is 0.504 e. The van der Waals surface area contributed by atoms with Gasteiger partial charge in [0.2, 0.25) is 11.8 Å². The van der Waals surface area contributed by atoms with Crippen LogP contribution >= 0.6 is 0 Å². The van der Waals surface area contributed by atoms with E-state index in [2.05, 4.69) is 5.32 Å². The van der Waals surface area contributed by atoms with Gasteiger partial charge in [-0.1, -0.05) is 17.7 Å². The van der Waals surface area contributed by atoms with Gasteiger partial charge in [0.25, 0.3) is 0 Å². The molecule has 116 valence electrons. The van der Waals surface area contributed by atoms with Gasteiger partial charge >= 0.3 is 0 Å². The lowest BCUT2D eigenvalue weighted by Gasteiger charge is -2.27. The summed E-state index contributed by atoms with van der Waals surface area (Å²) in [5.41, 5.74) is 6.72. The van der Waals surface area contributed by atoms with Gasteiger partial charge in [-0.05, 0) is 37.3 Å². The van der Waals surface area contributed by atoms with Crippen LogP contribution in [0.2, 0.25) is 0 Å². The van der Waals surface area contributed by atoms with Crippen molar-refractivity contribution in [3.63, 3.8) is 0 Å². The molecule has 0 radical (unpaired) electrons. The second-order valence-corrected chi connectivity index (χ2v) is 6.03. The van der Waals surface area contributed by atoms with Crippen LogP contribution in [0.4, 0.5) is 5.69 Å². The number of para-hydroxylation sites is 1. The number of hydrogen-bond donors (Lipinski definition) is 4. The zero-order valence-corrected chi connectivity index (χ0v) is 12.1. The molecule has 3 rings (SSSR count). The van der Waals surface area contributed by atoms with Crippen LogP contribution in [0.15, 0.2) is 29.8 Å². The fourth-order valence-electron chi connectivity index (χ4n) is 3.79. The highest BCUT2D eigenvalue weighted by Crippen LogP contribution is 2.51. The summed E-state index contributed by atoms with van der Waals surface area (Å²) in [5, 5.41) is 21.8. The third-order valence-corrected chi connectivity index (χ3v) is 4.77. The number of fused-ring (bicyclic) bond motifs is 2. The Morgan fingerprint density at radius 1 is 1.27 bits per heavy atom. The molecule has 6 heteroatoms. The Kier molecular flexibility index (Phi) is 3.31. The average Bonchev–Trinajstić information content (AvgIpc) is 3.00. The first-order valence-electron chi connectivity index (χ1n) is 7.19. The van der Waals surface area contributed by atoms with Crippen LogP contribution in [0.3, 0.4) is 0 Å². The number of phenols is 2. The highest BCUT2D eigenvalue weighted by molar-refractivity contribution is 5.98. The highest BCUT2D eigenvalue weighted by Gasteiger charge is 2.52. The Morgan fingerprint density at radius 3 is 2.68 bits per heavy atom. The van der Waals surface area contributed by atoms with Gasteiger partial charge in [-0.25, -0.2) is 0 Å². The van der Waals surface area contributed by atoms with E-state index in [1.54, 1.807) is 0 Å². The van der Waals surface area contributed by atoms with E-state index in [0.29, 0.717) is 0 Å². The number of benzene rings is 1. The zero-order chi connectivity index (χ0) is 16.0. The average molecular weight is 302 g/mol. The summed E-state index contributed by atoms with van der Waals surface area (Å²) in [5.74, 6) is -2.57. The third-order valence-electron chi connectivity index (χ3n) is 4.77. The first-order chi connectivity index (χ1) is 10.4. The van der Waals surface area contributed by atoms with Gasteiger partial charge in [-0.2, -0.15) is 0 Å². The number of carbonyl (C=O) groups is 2. The van der Waals surface area contributed by atoms with Crippen LogP contribution in [-0.2, 0) is 9.59 Å². The number of nitrogens with two attached hydrogens (primary N) is 1. The van der Waals surface area contributed by atoms with Crippen LogP contribution in [-0.4, -0.2) is 22.0 Å². The minimum absolute atomic E-state index is 0.0121. The van der Waals surface area contributed by atoms with Crippen molar-refractivity contribution in [3.05, 3.63) is 29.8 Å². The maximum absolute atomic E-state index is 12.5. The molecule has 22 heavy (non-hydrogen) atoms. The Hall–Kier alpha value is -2.50. The lowest BCUT2D eigenvalue weighted by molar-refractivity contribution is -0.130. The molecule has 0 saturated heterocycles. The second kappa shape index (κ2) is 5.05. The SMILES string of the molecule is CC1=CC2CC1C(C(N)=O)C2C(=O)Nc1cccc(O)c1O. The Bertz CT molecular complexity index is 683. The molecule has 1 saturated carbocycles. The Labute approximate surface area is 127 Å². The molecular formula is C16H18N2O4. The molecule has 5 N–H and O–H groups in total. The molecule has 6 nitrogen and oxygen atoms in total.